The van der Waals surface area contributed by atoms with Crippen molar-refractivity contribution in [2.75, 3.05) is 5.33 Å². The van der Waals surface area contributed by atoms with E-state index in [1.165, 1.54) is 0 Å². The van der Waals surface area contributed by atoms with Gasteiger partial charge in [0.1, 0.15) is 0 Å². The van der Waals surface area contributed by atoms with Gasteiger partial charge in [0.2, 0.25) is 10.0 Å². The molecule has 0 unspecified atom stereocenters. The Morgan fingerprint density at radius 1 is 1.35 bits per heavy atom. The molecule has 0 saturated carbocycles. The maximum absolute atomic E-state index is 12.1. The lowest BCUT2D eigenvalue weighted by Gasteiger charge is -2.25. The van der Waals surface area contributed by atoms with Crippen molar-refractivity contribution in [1.82, 2.24) is 4.72 Å². The molecule has 0 aliphatic rings. The first-order chi connectivity index (χ1) is 7.77. The summed E-state index contributed by atoms with van der Waals surface area (Å²) in [6, 6.07) is 6.91. The number of benzene rings is 1. The fraction of sp³-hybridized carbons (Fsp3) is 0.500. The highest BCUT2D eigenvalue weighted by atomic mass is 79.9. The summed E-state index contributed by atoms with van der Waals surface area (Å²) in [6.45, 7) is 5.63. The Morgan fingerprint density at radius 2 is 2.00 bits per heavy atom. The monoisotopic (exact) mass is 319 g/mol. The van der Waals surface area contributed by atoms with Crippen LogP contribution in [-0.2, 0) is 10.0 Å². The molecule has 0 heterocycles. The number of hydrogen-bond acceptors (Lipinski definition) is 2. The second-order valence-electron chi connectivity index (χ2n) is 4.74. The molecule has 0 amide bonds. The van der Waals surface area contributed by atoms with E-state index >= 15 is 0 Å². The maximum Gasteiger partial charge on any atom is 0.241 e. The molecule has 0 aliphatic carbocycles. The highest BCUT2D eigenvalue weighted by molar-refractivity contribution is 9.09. The number of alkyl halides is 1. The topological polar surface area (TPSA) is 46.2 Å². The molecule has 1 aromatic carbocycles. The molecule has 3 nitrogen and oxygen atoms in total. The van der Waals surface area contributed by atoms with E-state index in [1.807, 2.05) is 26.8 Å². The molecule has 0 fully saturated rings. The van der Waals surface area contributed by atoms with Crippen LogP contribution in [0.15, 0.2) is 29.2 Å². The Labute approximate surface area is 112 Å². The van der Waals surface area contributed by atoms with Gasteiger partial charge in [0.15, 0.2) is 0 Å². The first-order valence-electron chi connectivity index (χ1n) is 5.43. The van der Waals surface area contributed by atoms with Crippen molar-refractivity contribution in [3.05, 3.63) is 29.8 Å². The molecule has 0 spiro atoms. The van der Waals surface area contributed by atoms with Crippen molar-refractivity contribution in [2.24, 2.45) is 0 Å². The Balaban J connectivity index is 2.97. The molecule has 1 rings (SSSR count). The zero-order chi connectivity index (χ0) is 13.1. The molecule has 0 aromatic heterocycles. The smallest absolute Gasteiger partial charge is 0.207 e. The van der Waals surface area contributed by atoms with Crippen molar-refractivity contribution >= 4 is 26.0 Å². The predicted molar refractivity (Wildman–Crippen MR) is 74.0 cm³/mol. The molecule has 1 N–H and O–H groups in total. The molecule has 1 aromatic rings. The SMILES string of the molecule is Cc1cccc(S(=O)(=O)NC(C)(C)CCBr)c1. The van der Waals surface area contributed by atoms with Gasteiger partial charge in [-0.2, -0.15) is 0 Å². The molecular weight excluding hydrogens is 302 g/mol. The molecular formula is C12H18BrNO2S. The summed E-state index contributed by atoms with van der Waals surface area (Å²) in [4.78, 5) is 0.320. The summed E-state index contributed by atoms with van der Waals surface area (Å²) in [5, 5.41) is 0.760. The first kappa shape index (κ1) is 14.7. The standard InChI is InChI=1S/C12H18BrNO2S/c1-10-5-4-6-11(9-10)17(15,16)14-12(2,3)7-8-13/h4-6,9,14H,7-8H2,1-3H3. The van der Waals surface area contributed by atoms with Crippen LogP contribution in [0.3, 0.4) is 0 Å². The third-order valence-electron chi connectivity index (χ3n) is 2.43. The van der Waals surface area contributed by atoms with E-state index in [-0.39, 0.29) is 0 Å². The lowest BCUT2D eigenvalue weighted by Crippen LogP contribution is -2.43. The quantitative estimate of drug-likeness (QED) is 0.848. The van der Waals surface area contributed by atoms with Crippen LogP contribution in [0, 0.1) is 6.92 Å². The van der Waals surface area contributed by atoms with Gasteiger partial charge in [-0.25, -0.2) is 13.1 Å². The fourth-order valence-corrected chi connectivity index (χ4v) is 4.03. The average molecular weight is 320 g/mol. The van der Waals surface area contributed by atoms with Crippen LogP contribution in [0.25, 0.3) is 0 Å². The van der Waals surface area contributed by atoms with Gasteiger partial charge in [-0.1, -0.05) is 28.1 Å². The van der Waals surface area contributed by atoms with E-state index in [0.29, 0.717) is 4.90 Å². The van der Waals surface area contributed by atoms with Crippen molar-refractivity contribution in [1.29, 1.82) is 0 Å². The van der Waals surface area contributed by atoms with Gasteiger partial charge in [0.25, 0.3) is 0 Å². The minimum absolute atomic E-state index is 0.320. The molecule has 5 heteroatoms. The highest BCUT2D eigenvalue weighted by Gasteiger charge is 2.25. The van der Waals surface area contributed by atoms with Crippen molar-refractivity contribution < 1.29 is 8.42 Å². The van der Waals surface area contributed by atoms with Gasteiger partial charge in [0, 0.05) is 10.9 Å². The third kappa shape index (κ3) is 4.41. The molecule has 0 aliphatic heterocycles. The van der Waals surface area contributed by atoms with Crippen molar-refractivity contribution in [3.63, 3.8) is 0 Å². The number of hydrogen-bond donors (Lipinski definition) is 1. The summed E-state index contributed by atoms with van der Waals surface area (Å²) >= 11 is 3.33. The summed E-state index contributed by atoms with van der Waals surface area (Å²) in [7, 11) is -3.43. The van der Waals surface area contributed by atoms with E-state index < -0.39 is 15.6 Å². The number of nitrogens with one attached hydrogen (secondary N) is 1. The van der Waals surface area contributed by atoms with E-state index in [2.05, 4.69) is 20.7 Å². The fourth-order valence-electron chi connectivity index (χ4n) is 1.49. The van der Waals surface area contributed by atoms with Gasteiger partial charge < -0.3 is 0 Å². The molecule has 0 radical (unpaired) electrons. The zero-order valence-corrected chi connectivity index (χ0v) is 12.7. The van der Waals surface area contributed by atoms with E-state index in [0.717, 1.165) is 17.3 Å². The number of aryl methyl sites for hydroxylation is 1. The molecule has 17 heavy (non-hydrogen) atoms. The minimum Gasteiger partial charge on any atom is -0.207 e. The van der Waals surface area contributed by atoms with Crippen LogP contribution >= 0.6 is 15.9 Å². The third-order valence-corrected chi connectivity index (χ3v) is 4.52. The van der Waals surface area contributed by atoms with E-state index in [9.17, 15) is 8.42 Å². The number of halogens is 1. The number of rotatable bonds is 5. The van der Waals surface area contributed by atoms with Crippen LogP contribution in [0.5, 0.6) is 0 Å². The molecule has 0 saturated heterocycles. The second-order valence-corrected chi connectivity index (χ2v) is 7.22. The molecule has 96 valence electrons. The van der Waals surface area contributed by atoms with Crippen LogP contribution in [0.2, 0.25) is 0 Å². The van der Waals surface area contributed by atoms with Crippen LogP contribution in [0.4, 0.5) is 0 Å². The average Bonchev–Trinajstić information content (AvgIpc) is 2.15. The van der Waals surface area contributed by atoms with Crippen LogP contribution < -0.4 is 4.72 Å². The Bertz CT molecular complexity index is 483. The van der Waals surface area contributed by atoms with E-state index in [1.54, 1.807) is 18.2 Å². The van der Waals surface area contributed by atoms with Crippen LogP contribution in [-0.4, -0.2) is 19.3 Å². The summed E-state index contributed by atoms with van der Waals surface area (Å²) in [5.41, 5.74) is 0.484. The molecule has 0 atom stereocenters. The summed E-state index contributed by atoms with van der Waals surface area (Å²) in [5.74, 6) is 0. The van der Waals surface area contributed by atoms with Gasteiger partial charge in [-0.15, -0.1) is 0 Å². The van der Waals surface area contributed by atoms with Gasteiger partial charge in [-0.3, -0.25) is 0 Å². The second kappa shape index (κ2) is 5.50. The predicted octanol–water partition coefficient (Wildman–Crippen LogP) is 2.84. The lowest BCUT2D eigenvalue weighted by molar-refractivity contribution is 0.443. The first-order valence-corrected chi connectivity index (χ1v) is 8.04. The Kier molecular flexibility index (Phi) is 4.75. The summed E-state index contributed by atoms with van der Waals surface area (Å²) in [6.07, 6.45) is 0.734. The molecule has 0 bridgehead atoms. The van der Waals surface area contributed by atoms with Crippen molar-refractivity contribution in [2.45, 2.75) is 37.6 Å². The number of sulfonamides is 1. The minimum atomic E-state index is -3.43. The Morgan fingerprint density at radius 3 is 2.53 bits per heavy atom. The van der Waals surface area contributed by atoms with Gasteiger partial charge >= 0.3 is 0 Å². The van der Waals surface area contributed by atoms with Gasteiger partial charge in [0.05, 0.1) is 4.90 Å². The van der Waals surface area contributed by atoms with Gasteiger partial charge in [-0.05, 0) is 44.9 Å². The Hall–Kier alpha value is -0.390. The largest absolute Gasteiger partial charge is 0.241 e. The normalized spacial score (nSPS) is 12.7. The van der Waals surface area contributed by atoms with Crippen molar-refractivity contribution in [3.8, 4) is 0 Å². The lowest BCUT2D eigenvalue weighted by atomic mass is 10.0. The van der Waals surface area contributed by atoms with E-state index in [4.69, 9.17) is 0 Å². The highest BCUT2D eigenvalue weighted by Crippen LogP contribution is 2.17. The zero-order valence-electron chi connectivity index (χ0n) is 10.3. The summed E-state index contributed by atoms with van der Waals surface area (Å²) < 4.78 is 27.0. The van der Waals surface area contributed by atoms with Crippen LogP contribution in [0.1, 0.15) is 25.8 Å². The maximum atomic E-state index is 12.1.